The minimum Gasteiger partial charge on any atom is -0.340 e. The maximum Gasteiger partial charge on any atom is 0.247 e. The largest absolute Gasteiger partial charge is 0.340 e. The van der Waals surface area contributed by atoms with Crippen molar-refractivity contribution in [1.29, 1.82) is 0 Å². The van der Waals surface area contributed by atoms with Gasteiger partial charge in [0, 0.05) is 31.9 Å². The molecular weight excluding hydrogens is 354 g/mol. The summed E-state index contributed by atoms with van der Waals surface area (Å²) in [6, 6.07) is 7.11. The zero-order chi connectivity index (χ0) is 19.3. The van der Waals surface area contributed by atoms with Crippen LogP contribution in [0.2, 0.25) is 0 Å². The van der Waals surface area contributed by atoms with E-state index in [4.69, 9.17) is 0 Å². The fourth-order valence-corrected chi connectivity index (χ4v) is 4.01. The molecule has 0 spiro atoms. The molecule has 1 aliphatic heterocycles. The number of hydrogen-bond acceptors (Lipinski definition) is 4. The van der Waals surface area contributed by atoms with Crippen molar-refractivity contribution in [3.63, 3.8) is 0 Å². The summed E-state index contributed by atoms with van der Waals surface area (Å²) in [6.07, 6.45) is 1.32. The third-order valence-corrected chi connectivity index (χ3v) is 6.63. The van der Waals surface area contributed by atoms with Gasteiger partial charge in [-0.25, -0.2) is 8.42 Å². The zero-order valence-corrected chi connectivity index (χ0v) is 16.0. The molecule has 0 bridgehead atoms. The van der Waals surface area contributed by atoms with E-state index in [9.17, 15) is 18.0 Å². The Morgan fingerprint density at radius 1 is 1.19 bits per heavy atom. The number of anilines is 1. The second-order valence-electron chi connectivity index (χ2n) is 6.40. The lowest BCUT2D eigenvalue weighted by Gasteiger charge is -2.35. The van der Waals surface area contributed by atoms with Gasteiger partial charge in [-0.3, -0.25) is 9.59 Å². The van der Waals surface area contributed by atoms with Crippen LogP contribution >= 0.6 is 0 Å². The van der Waals surface area contributed by atoms with Crippen molar-refractivity contribution in [1.82, 2.24) is 9.21 Å². The van der Waals surface area contributed by atoms with Crippen LogP contribution in [0.25, 0.3) is 0 Å². The Morgan fingerprint density at radius 3 is 2.38 bits per heavy atom. The number of carbonyl (C=O) groups is 2. The van der Waals surface area contributed by atoms with E-state index < -0.39 is 15.3 Å². The summed E-state index contributed by atoms with van der Waals surface area (Å²) in [4.78, 5) is 25.8. The quantitative estimate of drug-likeness (QED) is 0.754. The first-order chi connectivity index (χ1) is 12.3. The summed E-state index contributed by atoms with van der Waals surface area (Å²) in [5, 5.41) is 2.23. The summed E-state index contributed by atoms with van der Waals surface area (Å²) >= 11 is 0. The molecule has 0 radical (unpaired) electrons. The number of carbonyl (C=O) groups excluding carboxylic acids is 2. The second kappa shape index (κ2) is 8.46. The van der Waals surface area contributed by atoms with Gasteiger partial charge in [-0.1, -0.05) is 24.8 Å². The molecule has 7 nitrogen and oxygen atoms in total. The van der Waals surface area contributed by atoms with Gasteiger partial charge in [-0.15, -0.1) is 0 Å². The first kappa shape index (κ1) is 20.1. The molecule has 1 aromatic carbocycles. The van der Waals surface area contributed by atoms with Crippen LogP contribution in [0.15, 0.2) is 36.9 Å². The third-order valence-electron chi connectivity index (χ3n) is 4.35. The molecule has 0 unspecified atom stereocenters. The first-order valence-corrected chi connectivity index (χ1v) is 10.0. The van der Waals surface area contributed by atoms with E-state index in [0.29, 0.717) is 37.4 Å². The molecule has 1 heterocycles. The Kier molecular flexibility index (Phi) is 6.55. The van der Waals surface area contributed by atoms with Crippen LogP contribution in [0.3, 0.4) is 0 Å². The highest BCUT2D eigenvalue weighted by atomic mass is 32.2. The predicted octanol–water partition coefficient (Wildman–Crippen LogP) is 1.24. The SMILES string of the molecule is C=CC(=O)Nc1ccccc1CC(=O)N1CCN(S(=O)(=O)C(C)C)CC1. The van der Waals surface area contributed by atoms with Crippen LogP contribution in [0.4, 0.5) is 5.69 Å². The van der Waals surface area contributed by atoms with Crippen LogP contribution in [0, 0.1) is 0 Å². The maximum absolute atomic E-state index is 12.6. The number of nitrogens with one attached hydrogen (secondary N) is 1. The van der Waals surface area contributed by atoms with E-state index in [2.05, 4.69) is 11.9 Å². The molecule has 1 saturated heterocycles. The number of amides is 2. The number of rotatable bonds is 6. The lowest BCUT2D eigenvalue weighted by atomic mass is 10.1. The molecule has 1 aliphatic rings. The van der Waals surface area contributed by atoms with Gasteiger partial charge in [0.05, 0.1) is 11.7 Å². The first-order valence-electron chi connectivity index (χ1n) is 8.53. The molecular formula is C18H25N3O4S. The van der Waals surface area contributed by atoms with Crippen molar-refractivity contribution in [2.75, 3.05) is 31.5 Å². The van der Waals surface area contributed by atoms with Gasteiger partial charge in [0.2, 0.25) is 21.8 Å². The van der Waals surface area contributed by atoms with Gasteiger partial charge in [0.1, 0.15) is 0 Å². The molecule has 0 saturated carbocycles. The Morgan fingerprint density at radius 2 is 1.81 bits per heavy atom. The number of hydrogen-bond donors (Lipinski definition) is 1. The van der Waals surface area contributed by atoms with Gasteiger partial charge in [-0.05, 0) is 31.6 Å². The van der Waals surface area contributed by atoms with E-state index in [1.165, 1.54) is 10.4 Å². The van der Waals surface area contributed by atoms with Crippen LogP contribution in [0.1, 0.15) is 19.4 Å². The van der Waals surface area contributed by atoms with Gasteiger partial charge in [-0.2, -0.15) is 4.31 Å². The standard InChI is InChI=1S/C18H25N3O4S/c1-4-17(22)19-16-8-6-5-7-15(16)13-18(23)20-9-11-21(12-10-20)26(24,25)14(2)3/h4-8,14H,1,9-13H2,2-3H3,(H,19,22). The van der Waals surface area contributed by atoms with Crippen LogP contribution in [0.5, 0.6) is 0 Å². The summed E-state index contributed by atoms with van der Waals surface area (Å²) in [5.74, 6) is -0.427. The zero-order valence-electron chi connectivity index (χ0n) is 15.1. The monoisotopic (exact) mass is 379 g/mol. The molecule has 0 aromatic heterocycles. The van der Waals surface area contributed by atoms with Crippen molar-refractivity contribution in [2.24, 2.45) is 0 Å². The predicted molar refractivity (Wildman–Crippen MR) is 101 cm³/mol. The van der Waals surface area contributed by atoms with Crippen molar-refractivity contribution in [3.05, 3.63) is 42.5 Å². The Hall–Kier alpha value is -2.19. The second-order valence-corrected chi connectivity index (χ2v) is 8.89. The molecule has 1 fully saturated rings. The average molecular weight is 379 g/mol. The van der Waals surface area contributed by atoms with Crippen molar-refractivity contribution in [2.45, 2.75) is 25.5 Å². The number of para-hydroxylation sites is 1. The van der Waals surface area contributed by atoms with E-state index in [-0.39, 0.29) is 18.2 Å². The average Bonchev–Trinajstić information content (AvgIpc) is 2.63. The molecule has 2 amide bonds. The van der Waals surface area contributed by atoms with Crippen LogP contribution < -0.4 is 5.32 Å². The Bertz CT molecular complexity index is 781. The molecule has 2 rings (SSSR count). The van der Waals surface area contributed by atoms with E-state index in [0.717, 1.165) is 0 Å². The topological polar surface area (TPSA) is 86.8 Å². The molecule has 0 aliphatic carbocycles. The summed E-state index contributed by atoms with van der Waals surface area (Å²) in [5.41, 5.74) is 1.29. The van der Waals surface area contributed by atoms with Gasteiger partial charge in [0.25, 0.3) is 0 Å². The highest BCUT2D eigenvalue weighted by Gasteiger charge is 2.30. The van der Waals surface area contributed by atoms with Crippen LogP contribution in [-0.4, -0.2) is 60.9 Å². The third kappa shape index (κ3) is 4.70. The van der Waals surface area contributed by atoms with E-state index >= 15 is 0 Å². The smallest absolute Gasteiger partial charge is 0.247 e. The van der Waals surface area contributed by atoms with Crippen molar-refractivity contribution in [3.8, 4) is 0 Å². The molecule has 1 aromatic rings. The molecule has 8 heteroatoms. The fraction of sp³-hybridized carbons (Fsp3) is 0.444. The minimum atomic E-state index is -3.29. The summed E-state index contributed by atoms with van der Waals surface area (Å²) < 4.78 is 25.9. The van der Waals surface area contributed by atoms with Gasteiger partial charge in [0.15, 0.2) is 0 Å². The molecule has 0 atom stereocenters. The number of piperazine rings is 1. The molecule has 142 valence electrons. The fourth-order valence-electron chi connectivity index (χ4n) is 2.75. The molecule has 26 heavy (non-hydrogen) atoms. The van der Waals surface area contributed by atoms with Crippen LogP contribution in [-0.2, 0) is 26.0 Å². The summed E-state index contributed by atoms with van der Waals surface area (Å²) in [7, 11) is -3.29. The summed E-state index contributed by atoms with van der Waals surface area (Å²) in [6.45, 7) is 8.07. The van der Waals surface area contributed by atoms with Gasteiger partial charge >= 0.3 is 0 Å². The van der Waals surface area contributed by atoms with Crippen molar-refractivity contribution < 1.29 is 18.0 Å². The number of sulfonamides is 1. The van der Waals surface area contributed by atoms with Crippen molar-refractivity contribution >= 4 is 27.5 Å². The Labute approximate surface area is 154 Å². The Balaban J connectivity index is 2.00. The van der Waals surface area contributed by atoms with Gasteiger partial charge < -0.3 is 10.2 Å². The maximum atomic E-state index is 12.6. The lowest BCUT2D eigenvalue weighted by Crippen LogP contribution is -2.52. The number of nitrogens with zero attached hydrogens (tertiary/aromatic N) is 2. The highest BCUT2D eigenvalue weighted by molar-refractivity contribution is 7.89. The van der Waals surface area contributed by atoms with E-state index in [1.807, 2.05) is 0 Å². The lowest BCUT2D eigenvalue weighted by molar-refractivity contribution is -0.131. The highest BCUT2D eigenvalue weighted by Crippen LogP contribution is 2.18. The van der Waals surface area contributed by atoms with E-state index in [1.54, 1.807) is 43.0 Å². The normalized spacial score (nSPS) is 15.7. The minimum absolute atomic E-state index is 0.0908. The molecule has 1 N–H and O–H groups in total. The number of benzene rings is 1.